The van der Waals surface area contributed by atoms with Gasteiger partial charge in [0.2, 0.25) is 11.8 Å². The van der Waals surface area contributed by atoms with Crippen LogP contribution in [0.1, 0.15) is 92.6 Å². The van der Waals surface area contributed by atoms with Crippen molar-refractivity contribution in [2.75, 3.05) is 52.1 Å². The Morgan fingerprint density at radius 3 is 2.58 bits per heavy atom. The maximum atomic E-state index is 14.4. The molecule has 3 aliphatic heterocycles. The Balaban J connectivity index is 1.19. The van der Waals surface area contributed by atoms with E-state index in [1.54, 1.807) is 62.2 Å². The topological polar surface area (TPSA) is 225 Å². The number of amides is 4. The summed E-state index contributed by atoms with van der Waals surface area (Å²) < 4.78 is 34.4. The summed E-state index contributed by atoms with van der Waals surface area (Å²) in [5.41, 5.74) is -1.10. The standard InChI is InChI=1S/C52H72ClN5O13S3/c1-31-16-14-18-40(67-11)52(65)28-39(69-49(64)56-52)33(3)46-51(7,71-46)41(27-44(61)58(9)37-25-35(24-31)26-38(66-10)45(37)53)70-47(62)34(4)57(8)43(60)20-21-50(5,6)72-30-36(59)17-15-23-55-48(63)68-29-32(2)73-74-42-19-12-13-22-54-42/h12-14,16,18-19,22,25-26,32-34,39-41,46,65H,15,17,20-21,23-24,27-30H2,1-11H3,(H,55,63)(H,56,64)/b18-14+,31-16+/t32-,33+,34-,39-,40+,41-,46-,51+,52-/m0/s1. The number of epoxide rings is 1. The van der Waals surface area contributed by atoms with E-state index in [1.165, 1.54) is 60.5 Å². The molecule has 2 saturated heterocycles. The van der Waals surface area contributed by atoms with E-state index in [4.69, 9.17) is 40.0 Å². The number of hydrogen-bond acceptors (Lipinski definition) is 17. The number of hydrogen-bond donors (Lipinski definition) is 3. The number of carbonyl (C=O) groups excluding carboxylic acids is 6. The van der Waals surface area contributed by atoms with Crippen LogP contribution in [0.25, 0.3) is 0 Å². The predicted molar refractivity (Wildman–Crippen MR) is 287 cm³/mol. The Kier molecular flexibility index (Phi) is 22.0. The lowest BCUT2D eigenvalue weighted by Crippen LogP contribution is -2.63. The number of nitrogens with one attached hydrogen (secondary N) is 2. The van der Waals surface area contributed by atoms with E-state index in [9.17, 15) is 33.9 Å². The van der Waals surface area contributed by atoms with Crippen LogP contribution < -0.4 is 20.3 Å². The van der Waals surface area contributed by atoms with Crippen LogP contribution in [-0.4, -0.2) is 150 Å². The number of ketones is 1. The van der Waals surface area contributed by atoms with Gasteiger partial charge < -0.3 is 48.6 Å². The Bertz CT molecular complexity index is 2380. The first-order valence-electron chi connectivity index (χ1n) is 24.6. The maximum absolute atomic E-state index is 14.4. The van der Waals surface area contributed by atoms with Gasteiger partial charge >= 0.3 is 18.2 Å². The van der Waals surface area contributed by atoms with E-state index >= 15 is 0 Å². The van der Waals surface area contributed by atoms with E-state index in [0.717, 1.165) is 16.2 Å². The van der Waals surface area contributed by atoms with Gasteiger partial charge in [0.15, 0.2) is 5.72 Å². The van der Waals surface area contributed by atoms with Gasteiger partial charge in [-0.25, -0.2) is 19.4 Å². The second kappa shape index (κ2) is 27.0. The van der Waals surface area contributed by atoms with Crippen molar-refractivity contribution in [3.05, 3.63) is 70.9 Å². The SMILES string of the molecule is COc1cc2cc(c1Cl)N(C)C(=O)C[C@H](OC(=O)[C@H](C)N(C)C(=O)CCC(C)(C)SCC(=O)CCCNC(=O)OC[C@H](C)SSc1ccccn1)[C@@]1(C)O[C@H]1[C@H](C)[C@@H]1C[C@@](O)(NC(=O)O1)[C@H](OC)/C=C/C=C(\C)C2. The molecular weight excluding hydrogens is 1030 g/mol. The molecule has 4 amide bonds. The lowest BCUT2D eigenvalue weighted by molar-refractivity contribution is -0.162. The van der Waals surface area contributed by atoms with E-state index in [0.29, 0.717) is 30.7 Å². The van der Waals surface area contributed by atoms with Crippen LogP contribution >= 0.6 is 45.0 Å². The Morgan fingerprint density at radius 2 is 1.89 bits per heavy atom. The van der Waals surface area contributed by atoms with Crippen LogP contribution in [0.2, 0.25) is 5.02 Å². The molecule has 5 rings (SSSR count). The van der Waals surface area contributed by atoms with Crippen LogP contribution in [0.3, 0.4) is 0 Å². The average molecular weight is 1110 g/mol. The summed E-state index contributed by atoms with van der Waals surface area (Å²) in [7, 11) is 9.04. The van der Waals surface area contributed by atoms with Crippen molar-refractivity contribution in [2.45, 2.75) is 150 Å². The van der Waals surface area contributed by atoms with Gasteiger partial charge in [-0.15, -0.1) is 11.8 Å². The van der Waals surface area contributed by atoms with E-state index in [1.807, 2.05) is 52.0 Å². The molecule has 3 N–H and O–H groups in total. The number of nitrogens with zero attached hydrogens (tertiary/aromatic N) is 3. The minimum Gasteiger partial charge on any atom is -0.495 e. The highest BCUT2D eigenvalue weighted by atomic mass is 35.5. The lowest BCUT2D eigenvalue weighted by atomic mass is 9.83. The summed E-state index contributed by atoms with van der Waals surface area (Å²) in [5.74, 6) is -1.59. The summed E-state index contributed by atoms with van der Waals surface area (Å²) in [5, 5.41) is 18.2. The fraction of sp³-hybridized carbons (Fsp3) is 0.596. The largest absolute Gasteiger partial charge is 0.495 e. The molecule has 0 unspecified atom stereocenters. The van der Waals surface area contributed by atoms with Crippen LogP contribution in [0.15, 0.2) is 65.4 Å². The summed E-state index contributed by atoms with van der Waals surface area (Å²) in [4.78, 5) is 87.2. The van der Waals surface area contributed by atoms with Crippen molar-refractivity contribution in [3.63, 3.8) is 0 Å². The third-order valence-corrected chi connectivity index (χ3v) is 18.0. The van der Waals surface area contributed by atoms with Crippen molar-refractivity contribution >= 4 is 86.4 Å². The molecule has 0 aliphatic carbocycles. The molecule has 4 heterocycles. The Morgan fingerprint density at radius 1 is 1.15 bits per heavy atom. The molecule has 1 aromatic heterocycles. The smallest absolute Gasteiger partial charge is 0.409 e. The summed E-state index contributed by atoms with van der Waals surface area (Å²) >= 11 is 8.26. The number of rotatable bonds is 20. The van der Waals surface area contributed by atoms with Crippen LogP contribution in [0.4, 0.5) is 15.3 Å². The first-order chi connectivity index (χ1) is 34.9. The number of allylic oxidation sites excluding steroid dienone is 3. The van der Waals surface area contributed by atoms with E-state index in [2.05, 4.69) is 15.6 Å². The van der Waals surface area contributed by atoms with Crippen molar-refractivity contribution in [1.29, 1.82) is 0 Å². The monoisotopic (exact) mass is 1110 g/mol. The molecule has 74 heavy (non-hydrogen) atoms. The zero-order chi connectivity index (χ0) is 54.5. The number of carbonyl (C=O) groups is 6. The fourth-order valence-electron chi connectivity index (χ4n) is 8.50. The molecule has 2 aromatic rings. The van der Waals surface area contributed by atoms with Crippen molar-refractivity contribution < 1.29 is 62.3 Å². The highest BCUT2D eigenvalue weighted by Gasteiger charge is 2.64. The minimum atomic E-state index is -1.87. The molecule has 1 aromatic carbocycles. The van der Waals surface area contributed by atoms with Gasteiger partial charge in [0, 0.05) is 69.1 Å². The number of esters is 1. The second-order valence-electron chi connectivity index (χ2n) is 19.8. The lowest BCUT2D eigenvalue weighted by Gasteiger charge is -2.42. The number of ether oxygens (including phenoxy) is 6. The Labute approximate surface area is 451 Å². The van der Waals surface area contributed by atoms with Gasteiger partial charge in [-0.2, -0.15) is 0 Å². The summed E-state index contributed by atoms with van der Waals surface area (Å²) in [6.07, 6.45) is 2.93. The zero-order valence-electron chi connectivity index (χ0n) is 44.1. The number of halogens is 1. The number of alkyl carbamates (subject to hydrolysis) is 2. The first kappa shape index (κ1) is 60.4. The van der Waals surface area contributed by atoms with Gasteiger partial charge in [-0.1, -0.05) is 73.0 Å². The fourth-order valence-corrected chi connectivity index (χ4v) is 11.6. The van der Waals surface area contributed by atoms with Gasteiger partial charge in [0.25, 0.3) is 0 Å². The second-order valence-corrected chi connectivity index (χ2v) is 24.5. The zero-order valence-corrected chi connectivity index (χ0v) is 47.3. The molecule has 0 spiro atoms. The third-order valence-electron chi connectivity index (χ3n) is 13.4. The Hall–Kier alpha value is -4.51. The predicted octanol–water partition coefficient (Wildman–Crippen LogP) is 8.11. The molecule has 0 radical (unpaired) electrons. The highest BCUT2D eigenvalue weighted by Crippen LogP contribution is 2.49. The number of methoxy groups -OCH3 is 2. The van der Waals surface area contributed by atoms with E-state index < -0.39 is 76.5 Å². The number of aliphatic hydroxyl groups is 1. The quantitative estimate of drug-likeness (QED) is 0.0374. The molecular formula is C52H72ClN5O13S3. The van der Waals surface area contributed by atoms with Gasteiger partial charge in [0.05, 0.1) is 31.1 Å². The number of likely N-dealkylation sites (N-methyl/N-ethyl adjacent to an activating group) is 1. The number of Topliss-reactive ketones (excluding diaryl/α,β-unsaturated/α-hetero) is 1. The minimum absolute atomic E-state index is 0.00791. The molecule has 408 valence electrons. The molecule has 4 bridgehead atoms. The molecule has 18 nitrogen and oxygen atoms in total. The molecule has 2 fully saturated rings. The maximum Gasteiger partial charge on any atom is 0.409 e. The number of benzene rings is 1. The summed E-state index contributed by atoms with van der Waals surface area (Å²) in [6.45, 7) is 13.3. The number of thioether (sulfide) groups is 1. The molecule has 9 atom stereocenters. The molecule has 22 heteroatoms. The van der Waals surface area contributed by atoms with Crippen molar-refractivity contribution in [3.8, 4) is 5.75 Å². The molecule has 3 aliphatic rings. The summed E-state index contributed by atoms with van der Waals surface area (Å²) in [6, 6.07) is 8.15. The van der Waals surface area contributed by atoms with Crippen LogP contribution in [-0.2, 0) is 49.3 Å². The van der Waals surface area contributed by atoms with Crippen molar-refractivity contribution in [2.24, 2.45) is 5.92 Å². The number of fused-ring (bicyclic) bond motifs is 5. The van der Waals surface area contributed by atoms with Crippen LogP contribution in [0.5, 0.6) is 5.75 Å². The average Bonchev–Trinajstić information content (AvgIpc) is 4.07. The van der Waals surface area contributed by atoms with Gasteiger partial charge in [-0.05, 0) is 87.6 Å². The number of anilines is 1. The van der Waals surface area contributed by atoms with Gasteiger partial charge in [0.1, 0.15) is 58.1 Å². The van der Waals surface area contributed by atoms with Gasteiger partial charge in [-0.3, -0.25) is 19.7 Å². The molecule has 0 saturated carbocycles. The van der Waals surface area contributed by atoms with Crippen molar-refractivity contribution in [1.82, 2.24) is 20.5 Å². The van der Waals surface area contributed by atoms with Crippen LogP contribution in [0, 0.1) is 5.92 Å². The third kappa shape index (κ3) is 16.7. The van der Waals surface area contributed by atoms with E-state index in [-0.39, 0.29) is 66.6 Å². The highest BCUT2D eigenvalue weighted by molar-refractivity contribution is 8.76. The number of pyridine rings is 1. The number of aromatic nitrogens is 1. The first-order valence-corrected chi connectivity index (χ1v) is 28.1. The normalized spacial score (nSPS) is 26.1.